The maximum atomic E-state index is 5.68. The van der Waals surface area contributed by atoms with Gasteiger partial charge in [0.1, 0.15) is 0 Å². The molecule has 1 aliphatic rings. The van der Waals surface area contributed by atoms with Crippen molar-refractivity contribution in [1.82, 2.24) is 20.2 Å². The number of aromatic nitrogens is 2. The van der Waals surface area contributed by atoms with Crippen LogP contribution < -0.4 is 11.1 Å². The summed E-state index contributed by atoms with van der Waals surface area (Å²) in [6, 6.07) is 0. The first-order valence-corrected chi connectivity index (χ1v) is 5.18. The topological polar surface area (TPSA) is 67.1 Å². The Bertz CT molecular complexity index is 363. The van der Waals surface area contributed by atoms with Crippen LogP contribution in [0.25, 0.3) is 0 Å². The summed E-state index contributed by atoms with van der Waals surface area (Å²) in [6.45, 7) is 2.72. The lowest BCUT2D eigenvalue weighted by molar-refractivity contribution is 0.307. The highest BCUT2D eigenvalue weighted by Crippen LogP contribution is 2.19. The molecule has 2 rings (SSSR count). The molecular formula is C10H17N5. The third kappa shape index (κ3) is 2.08. The third-order valence-electron chi connectivity index (χ3n) is 2.70. The fourth-order valence-corrected chi connectivity index (χ4v) is 1.95. The van der Waals surface area contributed by atoms with Crippen LogP contribution in [0.4, 0.5) is 5.95 Å². The average Bonchev–Trinajstić information content (AvgIpc) is 2.19. The number of likely N-dealkylation sites (N-methyl/N-ethyl adjacent to an activating group) is 1. The van der Waals surface area contributed by atoms with Gasteiger partial charge in [0.15, 0.2) is 0 Å². The summed E-state index contributed by atoms with van der Waals surface area (Å²) in [4.78, 5) is 10.9. The maximum Gasteiger partial charge on any atom is 0.220 e. The molecule has 5 heteroatoms. The minimum absolute atomic E-state index is 0.392. The first-order chi connectivity index (χ1) is 7.20. The number of anilines is 1. The van der Waals surface area contributed by atoms with Gasteiger partial charge in [0.2, 0.25) is 5.95 Å². The Morgan fingerprint density at radius 1 is 1.47 bits per heavy atom. The van der Waals surface area contributed by atoms with Crippen molar-refractivity contribution in [2.75, 3.05) is 26.4 Å². The molecule has 0 radical (unpaired) electrons. The van der Waals surface area contributed by atoms with Crippen molar-refractivity contribution in [2.24, 2.45) is 0 Å². The van der Waals surface area contributed by atoms with E-state index in [0.717, 1.165) is 37.4 Å². The van der Waals surface area contributed by atoms with E-state index in [4.69, 9.17) is 5.73 Å². The number of nitrogen functional groups attached to an aromatic ring is 1. The lowest BCUT2D eigenvalue weighted by Crippen LogP contribution is -2.30. The predicted octanol–water partition coefficient (Wildman–Crippen LogP) is -0.234. The molecule has 0 aliphatic carbocycles. The van der Waals surface area contributed by atoms with Crippen molar-refractivity contribution in [3.05, 3.63) is 17.0 Å². The highest BCUT2D eigenvalue weighted by atomic mass is 15.1. The second-order valence-corrected chi connectivity index (χ2v) is 3.97. The van der Waals surface area contributed by atoms with Crippen LogP contribution in [-0.4, -0.2) is 35.5 Å². The molecule has 3 N–H and O–H groups in total. The van der Waals surface area contributed by atoms with Crippen LogP contribution in [0.3, 0.4) is 0 Å². The number of nitrogens with zero attached hydrogens (tertiary/aromatic N) is 3. The molecule has 0 unspecified atom stereocenters. The van der Waals surface area contributed by atoms with Crippen molar-refractivity contribution in [3.63, 3.8) is 0 Å². The SMILES string of the molecule is CNCc1nc(N)nc2c1CN(C)CC2. The molecule has 0 fully saturated rings. The van der Waals surface area contributed by atoms with Gasteiger partial charge in [-0.05, 0) is 14.1 Å². The van der Waals surface area contributed by atoms with Crippen molar-refractivity contribution in [1.29, 1.82) is 0 Å². The van der Waals surface area contributed by atoms with Gasteiger partial charge in [-0.25, -0.2) is 9.97 Å². The average molecular weight is 207 g/mol. The van der Waals surface area contributed by atoms with E-state index >= 15 is 0 Å². The van der Waals surface area contributed by atoms with Crippen molar-refractivity contribution in [3.8, 4) is 0 Å². The molecular weight excluding hydrogens is 190 g/mol. The molecule has 5 nitrogen and oxygen atoms in total. The summed E-state index contributed by atoms with van der Waals surface area (Å²) in [5, 5.41) is 3.11. The van der Waals surface area contributed by atoms with E-state index in [2.05, 4.69) is 27.2 Å². The minimum Gasteiger partial charge on any atom is -0.368 e. The Balaban J connectivity index is 2.40. The molecule has 15 heavy (non-hydrogen) atoms. The Labute approximate surface area is 89.7 Å². The molecule has 1 aromatic rings. The van der Waals surface area contributed by atoms with Crippen molar-refractivity contribution < 1.29 is 0 Å². The van der Waals surface area contributed by atoms with Crippen molar-refractivity contribution >= 4 is 5.95 Å². The highest BCUT2D eigenvalue weighted by molar-refractivity contribution is 5.33. The Morgan fingerprint density at radius 2 is 2.27 bits per heavy atom. The smallest absolute Gasteiger partial charge is 0.220 e. The molecule has 2 heterocycles. The minimum atomic E-state index is 0.392. The van der Waals surface area contributed by atoms with Crippen molar-refractivity contribution in [2.45, 2.75) is 19.5 Å². The van der Waals surface area contributed by atoms with Crippen LogP contribution in [0.5, 0.6) is 0 Å². The van der Waals surface area contributed by atoms with E-state index in [1.165, 1.54) is 5.56 Å². The fraction of sp³-hybridized carbons (Fsp3) is 0.600. The zero-order chi connectivity index (χ0) is 10.8. The van der Waals surface area contributed by atoms with Crippen LogP contribution in [0, 0.1) is 0 Å². The third-order valence-corrected chi connectivity index (χ3v) is 2.70. The van der Waals surface area contributed by atoms with Gasteiger partial charge in [0.25, 0.3) is 0 Å². The highest BCUT2D eigenvalue weighted by Gasteiger charge is 2.19. The maximum absolute atomic E-state index is 5.68. The van der Waals surface area contributed by atoms with Crippen LogP contribution >= 0.6 is 0 Å². The number of nitrogens with two attached hydrogens (primary N) is 1. The number of hydrogen-bond donors (Lipinski definition) is 2. The fourth-order valence-electron chi connectivity index (χ4n) is 1.95. The van der Waals surface area contributed by atoms with Gasteiger partial charge in [-0.15, -0.1) is 0 Å². The Kier molecular flexibility index (Phi) is 2.83. The monoisotopic (exact) mass is 207 g/mol. The van der Waals surface area contributed by atoms with Crippen LogP contribution in [0.2, 0.25) is 0 Å². The lowest BCUT2D eigenvalue weighted by atomic mass is 10.0. The molecule has 0 amide bonds. The summed E-state index contributed by atoms with van der Waals surface area (Å²) in [6.07, 6.45) is 0.968. The number of fused-ring (bicyclic) bond motifs is 1. The van der Waals surface area contributed by atoms with Crippen LogP contribution in [0.15, 0.2) is 0 Å². The summed E-state index contributed by atoms with van der Waals surface area (Å²) in [5.74, 6) is 0.392. The van der Waals surface area contributed by atoms with Crippen LogP contribution in [-0.2, 0) is 19.5 Å². The molecule has 82 valence electrons. The second kappa shape index (κ2) is 4.12. The largest absolute Gasteiger partial charge is 0.368 e. The molecule has 1 aromatic heterocycles. The number of nitrogens with one attached hydrogen (secondary N) is 1. The van der Waals surface area contributed by atoms with Gasteiger partial charge < -0.3 is 16.0 Å². The van der Waals surface area contributed by atoms with E-state index in [0.29, 0.717) is 5.95 Å². The Morgan fingerprint density at radius 3 is 3.00 bits per heavy atom. The molecule has 0 atom stereocenters. The van der Waals surface area contributed by atoms with Gasteiger partial charge in [0.05, 0.1) is 11.4 Å². The van der Waals surface area contributed by atoms with Crippen LogP contribution in [0.1, 0.15) is 17.0 Å². The zero-order valence-corrected chi connectivity index (χ0v) is 9.25. The normalized spacial score (nSPS) is 16.4. The van der Waals surface area contributed by atoms with Gasteiger partial charge in [-0.2, -0.15) is 0 Å². The van der Waals surface area contributed by atoms with Gasteiger partial charge in [0, 0.05) is 31.6 Å². The van der Waals surface area contributed by atoms with E-state index < -0.39 is 0 Å². The first kappa shape index (κ1) is 10.3. The van der Waals surface area contributed by atoms with Gasteiger partial charge in [-0.3, -0.25) is 0 Å². The van der Waals surface area contributed by atoms with E-state index in [-0.39, 0.29) is 0 Å². The first-order valence-electron chi connectivity index (χ1n) is 5.18. The molecule has 0 saturated carbocycles. The van der Waals surface area contributed by atoms with Gasteiger partial charge in [-0.1, -0.05) is 0 Å². The second-order valence-electron chi connectivity index (χ2n) is 3.97. The van der Waals surface area contributed by atoms with E-state index in [1.807, 2.05) is 7.05 Å². The molecule has 0 spiro atoms. The quantitative estimate of drug-likeness (QED) is 0.701. The molecule has 0 aromatic carbocycles. The standard InChI is InChI=1S/C10H17N5/c1-12-5-9-7-6-15(2)4-3-8(7)13-10(11)14-9/h12H,3-6H2,1-2H3,(H2,11,13,14). The molecule has 0 bridgehead atoms. The summed E-state index contributed by atoms with van der Waals surface area (Å²) in [5.41, 5.74) is 9.08. The summed E-state index contributed by atoms with van der Waals surface area (Å²) >= 11 is 0. The molecule has 0 saturated heterocycles. The zero-order valence-electron chi connectivity index (χ0n) is 9.25. The number of rotatable bonds is 2. The number of hydrogen-bond acceptors (Lipinski definition) is 5. The van der Waals surface area contributed by atoms with Gasteiger partial charge >= 0.3 is 0 Å². The van der Waals surface area contributed by atoms with E-state index in [1.54, 1.807) is 0 Å². The summed E-state index contributed by atoms with van der Waals surface area (Å²) < 4.78 is 0. The lowest BCUT2D eigenvalue weighted by Gasteiger charge is -2.25. The Hall–Kier alpha value is -1.20. The molecule has 1 aliphatic heterocycles. The summed E-state index contributed by atoms with van der Waals surface area (Å²) in [7, 11) is 4.03. The predicted molar refractivity (Wildman–Crippen MR) is 59.2 cm³/mol. The van der Waals surface area contributed by atoms with E-state index in [9.17, 15) is 0 Å².